The Bertz CT molecular complexity index is 1420. The molecule has 0 radical (unpaired) electrons. The molecule has 5 rings (SSSR count). The Kier molecular flexibility index (Phi) is 6.26. The molecule has 182 valence electrons. The molecule has 1 fully saturated rings. The SMILES string of the molecule is COc1cc([N+](=O)[O-])ccc1-c1ccc([C@H]2[C@H](c3ccccn3)NC(=S)N2c2ccccc2OC)o1. The van der Waals surface area contributed by atoms with Crippen LogP contribution in [0.4, 0.5) is 11.4 Å². The van der Waals surface area contributed by atoms with E-state index in [-0.39, 0.29) is 17.8 Å². The Morgan fingerprint density at radius 2 is 1.81 bits per heavy atom. The van der Waals surface area contributed by atoms with Gasteiger partial charge in [0.25, 0.3) is 5.69 Å². The Balaban J connectivity index is 1.62. The Morgan fingerprint density at radius 1 is 1.03 bits per heavy atom. The summed E-state index contributed by atoms with van der Waals surface area (Å²) < 4.78 is 17.4. The van der Waals surface area contributed by atoms with Crippen molar-refractivity contribution in [1.82, 2.24) is 10.3 Å². The van der Waals surface area contributed by atoms with Gasteiger partial charge in [-0.2, -0.15) is 0 Å². The number of non-ortho nitro benzene ring substituents is 1. The molecule has 2 atom stereocenters. The number of pyridine rings is 1. The summed E-state index contributed by atoms with van der Waals surface area (Å²) in [6.07, 6.45) is 1.73. The fraction of sp³-hybridized carbons (Fsp3) is 0.154. The van der Waals surface area contributed by atoms with Crippen LogP contribution in [0.5, 0.6) is 11.5 Å². The van der Waals surface area contributed by atoms with E-state index in [1.807, 2.05) is 59.5 Å². The van der Waals surface area contributed by atoms with Crippen LogP contribution in [-0.4, -0.2) is 29.2 Å². The maximum Gasteiger partial charge on any atom is 0.273 e. The topological polar surface area (TPSA) is 103 Å². The van der Waals surface area contributed by atoms with E-state index in [0.29, 0.717) is 33.7 Å². The van der Waals surface area contributed by atoms with Crippen molar-refractivity contribution in [3.8, 4) is 22.8 Å². The maximum atomic E-state index is 11.2. The molecule has 0 saturated carbocycles. The highest BCUT2D eigenvalue weighted by Crippen LogP contribution is 2.46. The van der Waals surface area contributed by atoms with E-state index in [9.17, 15) is 10.1 Å². The number of hydrogen-bond acceptors (Lipinski definition) is 7. The minimum Gasteiger partial charge on any atom is -0.496 e. The molecule has 1 aliphatic heterocycles. The first kappa shape index (κ1) is 23.3. The van der Waals surface area contributed by atoms with Crippen molar-refractivity contribution in [2.45, 2.75) is 12.1 Å². The van der Waals surface area contributed by atoms with Crippen molar-refractivity contribution in [2.75, 3.05) is 19.1 Å². The number of benzene rings is 2. The van der Waals surface area contributed by atoms with Gasteiger partial charge in [0, 0.05) is 12.3 Å². The molecule has 0 spiro atoms. The molecule has 9 nitrogen and oxygen atoms in total. The molecular weight excluding hydrogens is 480 g/mol. The first-order valence-electron chi connectivity index (χ1n) is 11.1. The molecule has 0 bridgehead atoms. The van der Waals surface area contributed by atoms with Gasteiger partial charge in [-0.15, -0.1) is 0 Å². The van der Waals surface area contributed by atoms with Crippen molar-refractivity contribution in [3.63, 3.8) is 0 Å². The number of nitro benzene ring substituents is 1. The number of ether oxygens (including phenoxy) is 2. The number of anilines is 1. The number of furan rings is 1. The second-order valence-corrected chi connectivity index (χ2v) is 8.40. The summed E-state index contributed by atoms with van der Waals surface area (Å²) in [5, 5.41) is 15.1. The first-order chi connectivity index (χ1) is 17.5. The van der Waals surface area contributed by atoms with Gasteiger partial charge in [-0.25, -0.2) is 0 Å². The lowest BCUT2D eigenvalue weighted by molar-refractivity contribution is -0.384. The van der Waals surface area contributed by atoms with Crippen LogP contribution in [0.2, 0.25) is 0 Å². The van der Waals surface area contributed by atoms with Gasteiger partial charge in [0.1, 0.15) is 29.1 Å². The summed E-state index contributed by atoms with van der Waals surface area (Å²) in [4.78, 5) is 17.3. The normalized spacial score (nSPS) is 17.1. The number of hydrogen-bond donors (Lipinski definition) is 1. The van der Waals surface area contributed by atoms with Crippen molar-refractivity contribution >= 4 is 28.7 Å². The van der Waals surface area contributed by atoms with E-state index in [1.54, 1.807) is 19.4 Å². The summed E-state index contributed by atoms with van der Waals surface area (Å²) in [7, 11) is 3.08. The van der Waals surface area contributed by atoms with Gasteiger partial charge in [-0.1, -0.05) is 18.2 Å². The molecule has 2 aromatic carbocycles. The number of thiocarbonyl (C=S) groups is 1. The number of rotatable bonds is 7. The van der Waals surface area contributed by atoms with E-state index in [0.717, 1.165) is 11.4 Å². The lowest BCUT2D eigenvalue weighted by Crippen LogP contribution is -2.29. The molecule has 3 heterocycles. The smallest absolute Gasteiger partial charge is 0.273 e. The minimum atomic E-state index is -0.465. The van der Waals surface area contributed by atoms with Crippen molar-refractivity contribution in [3.05, 3.63) is 101 Å². The van der Waals surface area contributed by atoms with E-state index >= 15 is 0 Å². The number of nitrogens with one attached hydrogen (secondary N) is 1. The van der Waals surface area contributed by atoms with Gasteiger partial charge < -0.3 is 24.1 Å². The van der Waals surface area contributed by atoms with Crippen LogP contribution >= 0.6 is 12.2 Å². The van der Waals surface area contributed by atoms with E-state index < -0.39 is 4.92 Å². The fourth-order valence-corrected chi connectivity index (χ4v) is 4.72. The lowest BCUT2D eigenvalue weighted by atomic mass is 10.0. The van der Waals surface area contributed by atoms with Crippen LogP contribution in [0.3, 0.4) is 0 Å². The van der Waals surface area contributed by atoms with Gasteiger partial charge in [-0.3, -0.25) is 15.1 Å². The Hall–Kier alpha value is -4.44. The molecule has 0 unspecified atom stereocenters. The van der Waals surface area contributed by atoms with Gasteiger partial charge in [0.2, 0.25) is 0 Å². The highest BCUT2D eigenvalue weighted by Gasteiger charge is 2.43. The minimum absolute atomic E-state index is 0.0646. The fourth-order valence-electron chi connectivity index (χ4n) is 4.39. The maximum absolute atomic E-state index is 11.2. The number of aromatic nitrogens is 1. The summed E-state index contributed by atoms with van der Waals surface area (Å²) >= 11 is 5.77. The van der Waals surface area contributed by atoms with Crippen LogP contribution < -0.4 is 19.7 Å². The van der Waals surface area contributed by atoms with Crippen molar-refractivity contribution < 1.29 is 18.8 Å². The second-order valence-electron chi connectivity index (χ2n) is 8.01. The standard InChI is InChI=1S/C26H22N4O5S/c1-33-21-9-4-3-8-19(21)29-25(24(28-26(29)36)18-7-5-6-14-27-18)22-13-12-20(35-22)17-11-10-16(30(31)32)15-23(17)34-2/h3-15,24-25H,1-2H3,(H,28,36)/t24-,25-/m0/s1. The average molecular weight is 503 g/mol. The second kappa shape index (κ2) is 9.67. The van der Waals surface area contributed by atoms with E-state index in [2.05, 4.69) is 10.3 Å². The summed E-state index contributed by atoms with van der Waals surface area (Å²) in [6, 6.07) is 20.7. The molecule has 1 aliphatic rings. The quantitative estimate of drug-likeness (QED) is 0.201. The van der Waals surface area contributed by atoms with Crippen LogP contribution in [0.1, 0.15) is 23.5 Å². The van der Waals surface area contributed by atoms with Crippen LogP contribution in [0.25, 0.3) is 11.3 Å². The molecule has 2 aromatic heterocycles. The third-order valence-corrected chi connectivity index (χ3v) is 6.34. The molecule has 1 N–H and O–H groups in total. The molecule has 1 saturated heterocycles. The molecule has 4 aromatic rings. The van der Waals surface area contributed by atoms with Crippen molar-refractivity contribution in [2.24, 2.45) is 0 Å². The summed E-state index contributed by atoms with van der Waals surface area (Å²) in [5.74, 6) is 2.14. The van der Waals surface area contributed by atoms with E-state index in [4.69, 9.17) is 26.1 Å². The molecular formula is C26H22N4O5S. The highest BCUT2D eigenvalue weighted by molar-refractivity contribution is 7.80. The third kappa shape index (κ3) is 4.11. The number of nitrogens with zero attached hydrogens (tertiary/aromatic N) is 3. The van der Waals surface area contributed by atoms with Gasteiger partial charge in [0.05, 0.1) is 48.2 Å². The van der Waals surface area contributed by atoms with Gasteiger partial charge in [-0.05, 0) is 54.7 Å². The molecule has 0 amide bonds. The predicted octanol–water partition coefficient (Wildman–Crippen LogP) is 5.44. The molecule has 0 aliphatic carbocycles. The van der Waals surface area contributed by atoms with Gasteiger partial charge >= 0.3 is 0 Å². The summed E-state index contributed by atoms with van der Waals surface area (Å²) in [5.41, 5.74) is 2.12. The predicted molar refractivity (Wildman–Crippen MR) is 138 cm³/mol. The third-order valence-electron chi connectivity index (χ3n) is 6.02. The van der Waals surface area contributed by atoms with Crippen molar-refractivity contribution in [1.29, 1.82) is 0 Å². The molecule has 36 heavy (non-hydrogen) atoms. The zero-order valence-electron chi connectivity index (χ0n) is 19.5. The Labute approximate surface area is 212 Å². The lowest BCUT2D eigenvalue weighted by Gasteiger charge is -2.27. The van der Waals surface area contributed by atoms with Crippen LogP contribution in [0.15, 0.2) is 83.4 Å². The number of para-hydroxylation sites is 2. The zero-order chi connectivity index (χ0) is 25.2. The number of methoxy groups -OCH3 is 2. The average Bonchev–Trinajstić information content (AvgIpc) is 3.53. The first-order valence-corrected chi connectivity index (χ1v) is 11.5. The van der Waals surface area contributed by atoms with Crippen LogP contribution in [0, 0.1) is 10.1 Å². The highest BCUT2D eigenvalue weighted by atomic mass is 32.1. The Morgan fingerprint density at radius 3 is 2.53 bits per heavy atom. The summed E-state index contributed by atoms with van der Waals surface area (Å²) in [6.45, 7) is 0. The van der Waals surface area contributed by atoms with Crippen LogP contribution in [-0.2, 0) is 0 Å². The monoisotopic (exact) mass is 502 g/mol. The largest absolute Gasteiger partial charge is 0.496 e. The van der Waals surface area contributed by atoms with E-state index in [1.165, 1.54) is 19.2 Å². The zero-order valence-corrected chi connectivity index (χ0v) is 20.3. The number of nitro groups is 1. The van der Waals surface area contributed by atoms with Gasteiger partial charge in [0.15, 0.2) is 5.11 Å². The molecule has 10 heteroatoms.